The van der Waals surface area contributed by atoms with Crippen LogP contribution in [0.3, 0.4) is 0 Å². The predicted octanol–water partition coefficient (Wildman–Crippen LogP) is 14.5. The topological polar surface area (TPSA) is 50.2 Å². The van der Waals surface area contributed by atoms with E-state index in [1.54, 1.807) is 0 Å². The minimum Gasteiger partial charge on any atom is -0.512 e. The zero-order valence-electron chi connectivity index (χ0n) is 34.1. The minimum atomic E-state index is -0.337. The number of hydrogen-bond donors (Lipinski definition) is 1. The van der Waals surface area contributed by atoms with Crippen molar-refractivity contribution in [3.05, 3.63) is 150 Å². The third kappa shape index (κ3) is 8.58. The molecule has 1 radical (unpaired) electrons. The van der Waals surface area contributed by atoms with Crippen molar-refractivity contribution in [3.8, 4) is 66.9 Å². The molecule has 0 bridgehead atoms. The number of ketones is 1. The third-order valence-electron chi connectivity index (χ3n) is 12.1. The second-order valence-electron chi connectivity index (χ2n) is 15.5. The summed E-state index contributed by atoms with van der Waals surface area (Å²) in [5.41, 5.74) is 16.1. The summed E-state index contributed by atoms with van der Waals surface area (Å²) in [6.45, 7) is 16.3. The minimum absolute atomic E-state index is 0. The van der Waals surface area contributed by atoms with Gasteiger partial charge in [-0.15, -0.1) is 34.9 Å². The number of allylic oxidation sites excluding steroid dienone is 2. The number of benzene rings is 5. The molecule has 1 aliphatic carbocycles. The van der Waals surface area contributed by atoms with Crippen molar-refractivity contribution < 1.29 is 30.0 Å². The van der Waals surface area contributed by atoms with E-state index in [2.05, 4.69) is 135 Å². The van der Waals surface area contributed by atoms with Gasteiger partial charge in [0.1, 0.15) is 5.76 Å². The summed E-state index contributed by atoms with van der Waals surface area (Å²) >= 11 is 0. The first-order chi connectivity index (χ1) is 26.4. The molecule has 6 aromatic rings. The summed E-state index contributed by atoms with van der Waals surface area (Å²) in [4.78, 5) is 16.9. The number of aliphatic hydroxyl groups is 1. The van der Waals surface area contributed by atoms with Crippen molar-refractivity contribution in [1.82, 2.24) is 4.98 Å². The summed E-state index contributed by atoms with van der Waals surface area (Å²) in [6, 6.07) is 45.3. The Balaban J connectivity index is 0.000000285. The molecule has 0 atom stereocenters. The maximum Gasteiger partial charge on any atom is 0.164 e. The fraction of sp³-hybridized carbons (Fsp3) is 0.269. The Hall–Kier alpha value is -4.89. The number of fused-ring (bicyclic) bond motifs is 8. The Labute approximate surface area is 348 Å². The van der Waals surface area contributed by atoms with Gasteiger partial charge in [0.15, 0.2) is 5.78 Å². The molecule has 0 saturated carbocycles. The van der Waals surface area contributed by atoms with E-state index in [1.807, 2.05) is 47.7 Å². The number of aliphatic hydroxyl groups excluding tert-OH is 1. The van der Waals surface area contributed by atoms with Crippen LogP contribution in [0.2, 0.25) is 0 Å². The molecular weight excluding hydrogens is 863 g/mol. The molecule has 0 aliphatic heterocycles. The van der Waals surface area contributed by atoms with Crippen LogP contribution in [0.25, 0.3) is 66.9 Å². The molecule has 1 aromatic heterocycles. The number of rotatable bonds is 9. The van der Waals surface area contributed by atoms with E-state index in [0.29, 0.717) is 0 Å². The average Bonchev–Trinajstić information content (AvgIpc) is 3.22. The van der Waals surface area contributed by atoms with Gasteiger partial charge in [-0.1, -0.05) is 146 Å². The SMILES string of the molecule is CCC(C)(CC)C(=O)/C=C(\O)C(C)(CC)CC.Cc1[c-]c(-c2cc(-c3ccc4c(c3)-c3ccccc3-c3ccccc3-c3ccccc3-4)ccn2)cc(C)c1.[Ir]. The van der Waals surface area contributed by atoms with Gasteiger partial charge in [-0.3, -0.25) is 4.79 Å². The third-order valence-corrected chi connectivity index (χ3v) is 12.1. The Morgan fingerprint density at radius 2 is 1.05 bits per heavy atom. The first-order valence-electron chi connectivity index (χ1n) is 19.8. The maximum absolute atomic E-state index is 12.2. The smallest absolute Gasteiger partial charge is 0.164 e. The van der Waals surface area contributed by atoms with Gasteiger partial charge in [0, 0.05) is 43.2 Å². The predicted molar refractivity (Wildman–Crippen MR) is 232 cm³/mol. The van der Waals surface area contributed by atoms with Crippen LogP contribution in [0, 0.1) is 30.7 Å². The Kier molecular flexibility index (Phi) is 13.5. The fourth-order valence-electron chi connectivity index (χ4n) is 7.51. The molecule has 4 heteroatoms. The molecule has 0 spiro atoms. The van der Waals surface area contributed by atoms with Crippen molar-refractivity contribution in [2.45, 2.75) is 81.1 Å². The number of hydrogen-bond acceptors (Lipinski definition) is 3. The van der Waals surface area contributed by atoms with Gasteiger partial charge in [0.2, 0.25) is 0 Å². The van der Waals surface area contributed by atoms with E-state index in [-0.39, 0.29) is 42.5 Å². The number of nitrogens with zero attached hydrogens (tertiary/aromatic N) is 1. The summed E-state index contributed by atoms with van der Waals surface area (Å²) in [5.74, 6) is 0.286. The molecule has 0 unspecified atom stereocenters. The second kappa shape index (κ2) is 17.9. The number of carbonyl (C=O) groups is 1. The molecule has 3 nitrogen and oxygen atoms in total. The Bertz CT molecular complexity index is 2340. The Morgan fingerprint density at radius 1 is 0.607 bits per heavy atom. The van der Waals surface area contributed by atoms with Crippen LogP contribution in [0.5, 0.6) is 0 Å². The molecule has 7 rings (SSSR count). The van der Waals surface area contributed by atoms with Crippen molar-refractivity contribution >= 4 is 5.78 Å². The Morgan fingerprint density at radius 3 is 1.52 bits per heavy atom. The van der Waals surface area contributed by atoms with Crippen LogP contribution in [0.15, 0.2) is 133 Å². The summed E-state index contributed by atoms with van der Waals surface area (Å²) in [6.07, 6.45) is 6.66. The van der Waals surface area contributed by atoms with E-state index in [0.717, 1.165) is 48.1 Å². The van der Waals surface area contributed by atoms with Gasteiger partial charge in [0.05, 0.1) is 0 Å². The molecular formula is C52H54IrNO2-. The van der Waals surface area contributed by atoms with E-state index in [1.165, 1.54) is 61.7 Å². The number of aromatic nitrogens is 1. The van der Waals surface area contributed by atoms with Crippen LogP contribution in [-0.2, 0) is 24.9 Å². The molecule has 1 aliphatic rings. The standard InChI is InChI=1S/C37H26N.C15H28O2.Ir/c1-24-19-25(2)21-28(20-24)37-23-27(17-18-38-37)26-15-16-35-33-13-6-5-11-31(33)29-9-3-4-10-30(29)32-12-7-8-14-34(32)36(35)22-26;1-7-14(5,8-2)12(16)11-13(17)15(6,9-3)10-4;/h3-20,22-23H,1-2H3;11,16H,7-10H2,1-6H3;/q-1;;/b;12-11-;. The molecule has 0 saturated heterocycles. The van der Waals surface area contributed by atoms with E-state index >= 15 is 0 Å². The van der Waals surface area contributed by atoms with Crippen molar-refractivity contribution in [3.63, 3.8) is 0 Å². The summed E-state index contributed by atoms with van der Waals surface area (Å²) in [7, 11) is 0. The van der Waals surface area contributed by atoms with Crippen LogP contribution >= 0.6 is 0 Å². The maximum atomic E-state index is 12.2. The average molecular weight is 917 g/mol. The number of aryl methyl sites for hydroxylation is 2. The van der Waals surface area contributed by atoms with Crippen LogP contribution in [-0.4, -0.2) is 15.9 Å². The zero-order valence-corrected chi connectivity index (χ0v) is 36.5. The van der Waals surface area contributed by atoms with Crippen molar-refractivity contribution in [2.75, 3.05) is 0 Å². The van der Waals surface area contributed by atoms with Gasteiger partial charge >= 0.3 is 0 Å². The van der Waals surface area contributed by atoms with Gasteiger partial charge in [-0.05, 0) is 99.1 Å². The first-order valence-corrected chi connectivity index (χ1v) is 19.8. The van der Waals surface area contributed by atoms with Gasteiger partial charge in [0.25, 0.3) is 0 Å². The van der Waals surface area contributed by atoms with Crippen LogP contribution in [0.1, 0.15) is 78.4 Å². The van der Waals surface area contributed by atoms with E-state index in [9.17, 15) is 9.90 Å². The zero-order chi connectivity index (χ0) is 39.3. The second-order valence-corrected chi connectivity index (χ2v) is 15.5. The van der Waals surface area contributed by atoms with Gasteiger partial charge in [-0.2, -0.15) is 0 Å². The molecule has 5 aromatic carbocycles. The largest absolute Gasteiger partial charge is 0.512 e. The summed E-state index contributed by atoms with van der Waals surface area (Å²) < 4.78 is 0. The van der Waals surface area contributed by atoms with Crippen LogP contribution < -0.4 is 0 Å². The van der Waals surface area contributed by atoms with E-state index in [4.69, 9.17) is 4.98 Å². The normalized spacial score (nSPS) is 12.0. The monoisotopic (exact) mass is 917 g/mol. The first kappa shape index (κ1) is 42.3. The van der Waals surface area contributed by atoms with Gasteiger partial charge < -0.3 is 10.1 Å². The molecule has 0 fully saturated rings. The quantitative estimate of drug-likeness (QED) is 0.0892. The molecule has 289 valence electrons. The number of carbonyl (C=O) groups excluding carboxylic acids is 1. The van der Waals surface area contributed by atoms with E-state index < -0.39 is 0 Å². The number of pyridine rings is 1. The fourth-order valence-corrected chi connectivity index (χ4v) is 7.51. The van der Waals surface area contributed by atoms with Crippen LogP contribution in [0.4, 0.5) is 0 Å². The van der Waals surface area contributed by atoms with Gasteiger partial charge in [-0.25, -0.2) is 0 Å². The molecule has 56 heavy (non-hydrogen) atoms. The molecule has 1 heterocycles. The molecule has 1 N–H and O–H groups in total. The van der Waals surface area contributed by atoms with Crippen molar-refractivity contribution in [1.29, 1.82) is 0 Å². The molecule has 0 amide bonds. The summed E-state index contributed by atoms with van der Waals surface area (Å²) in [5, 5.41) is 10.1. The van der Waals surface area contributed by atoms with Crippen molar-refractivity contribution in [2.24, 2.45) is 10.8 Å².